The number of hydrogen-bond donors (Lipinski definition) is 6. The van der Waals surface area contributed by atoms with Gasteiger partial charge in [-0.05, 0) is 6.42 Å². The molecule has 0 aromatic carbocycles. The highest BCUT2D eigenvalue weighted by atomic mass is 16.4. The maximum atomic E-state index is 11.2. The van der Waals surface area contributed by atoms with E-state index < -0.39 is 29.9 Å². The zero-order valence-corrected chi connectivity index (χ0v) is 16.7. The van der Waals surface area contributed by atoms with E-state index in [1.54, 1.807) is 4.90 Å². The summed E-state index contributed by atoms with van der Waals surface area (Å²) in [5.74, 6) is -4.30. The number of hydrogen-bond acceptors (Lipinski definition) is 9. The summed E-state index contributed by atoms with van der Waals surface area (Å²) in [7, 11) is 0. The molecule has 13 nitrogen and oxygen atoms in total. The van der Waals surface area contributed by atoms with Crippen LogP contribution in [0, 0.1) is 0 Å². The standard InChI is InChI=1S/C17H30N4O9/c22-9-1-2-13(17(29)30)19-4-6-21(12-16(27)28)8-7-20(11-15(25)26)5-3-18-10-14(23)24/h9,13,18-19H,1-8,10-12H2,(H,23,24)(H,25,26)(H,27,28)(H,29,30). The molecule has 0 heterocycles. The number of carbonyl (C=O) groups excluding carboxylic acids is 1. The Balaban J connectivity index is 4.64. The van der Waals surface area contributed by atoms with E-state index in [-0.39, 0.29) is 71.7 Å². The molecule has 0 spiro atoms. The van der Waals surface area contributed by atoms with Crippen molar-refractivity contribution in [3.05, 3.63) is 0 Å². The molecule has 172 valence electrons. The first kappa shape index (κ1) is 27.4. The number of carboxylic acid groups (broad SMARTS) is 4. The number of rotatable bonds is 20. The zero-order valence-electron chi connectivity index (χ0n) is 16.7. The minimum atomic E-state index is -1.11. The molecule has 0 amide bonds. The molecule has 0 aliphatic rings. The molecule has 0 aliphatic heterocycles. The lowest BCUT2D eigenvalue weighted by Gasteiger charge is -2.26. The highest BCUT2D eigenvalue weighted by molar-refractivity contribution is 5.74. The van der Waals surface area contributed by atoms with Crippen molar-refractivity contribution in [2.75, 3.05) is 58.9 Å². The molecule has 0 aliphatic carbocycles. The van der Waals surface area contributed by atoms with E-state index in [1.165, 1.54) is 4.90 Å². The highest BCUT2D eigenvalue weighted by Gasteiger charge is 2.18. The molecule has 0 aromatic heterocycles. The topological polar surface area (TPSA) is 197 Å². The van der Waals surface area contributed by atoms with E-state index in [1.807, 2.05) is 0 Å². The van der Waals surface area contributed by atoms with Crippen LogP contribution in [0.2, 0.25) is 0 Å². The summed E-state index contributed by atoms with van der Waals surface area (Å²) in [6, 6.07) is -0.925. The fourth-order valence-corrected chi connectivity index (χ4v) is 2.58. The third kappa shape index (κ3) is 15.3. The van der Waals surface area contributed by atoms with Crippen LogP contribution in [-0.4, -0.2) is 125 Å². The van der Waals surface area contributed by atoms with Gasteiger partial charge in [0.25, 0.3) is 0 Å². The second-order valence-corrected chi connectivity index (χ2v) is 6.50. The molecule has 1 unspecified atom stereocenters. The van der Waals surface area contributed by atoms with Gasteiger partial charge in [0, 0.05) is 45.7 Å². The molecule has 0 rings (SSSR count). The van der Waals surface area contributed by atoms with Crippen molar-refractivity contribution in [2.45, 2.75) is 18.9 Å². The fourth-order valence-electron chi connectivity index (χ4n) is 2.58. The van der Waals surface area contributed by atoms with E-state index in [4.69, 9.17) is 20.4 Å². The van der Waals surface area contributed by atoms with E-state index >= 15 is 0 Å². The van der Waals surface area contributed by atoms with E-state index in [0.29, 0.717) is 6.29 Å². The van der Waals surface area contributed by atoms with Crippen molar-refractivity contribution in [3.63, 3.8) is 0 Å². The van der Waals surface area contributed by atoms with Crippen LogP contribution >= 0.6 is 0 Å². The smallest absolute Gasteiger partial charge is 0.320 e. The molecular formula is C17H30N4O9. The van der Waals surface area contributed by atoms with Crippen molar-refractivity contribution in [1.82, 2.24) is 20.4 Å². The van der Waals surface area contributed by atoms with Crippen LogP contribution in [0.3, 0.4) is 0 Å². The largest absolute Gasteiger partial charge is 0.480 e. The number of carboxylic acids is 4. The first-order valence-electron chi connectivity index (χ1n) is 9.36. The van der Waals surface area contributed by atoms with Gasteiger partial charge in [-0.15, -0.1) is 0 Å². The molecular weight excluding hydrogens is 404 g/mol. The molecule has 6 N–H and O–H groups in total. The van der Waals surface area contributed by atoms with Crippen LogP contribution in [0.25, 0.3) is 0 Å². The van der Waals surface area contributed by atoms with Crippen molar-refractivity contribution < 1.29 is 44.4 Å². The van der Waals surface area contributed by atoms with E-state index in [9.17, 15) is 24.0 Å². The Bertz CT molecular complexity index is 573. The monoisotopic (exact) mass is 434 g/mol. The molecule has 0 saturated carbocycles. The minimum absolute atomic E-state index is 0.0862. The fraction of sp³-hybridized carbons (Fsp3) is 0.706. The summed E-state index contributed by atoms with van der Waals surface area (Å²) >= 11 is 0. The van der Waals surface area contributed by atoms with Gasteiger partial charge in [0.1, 0.15) is 12.3 Å². The lowest BCUT2D eigenvalue weighted by atomic mass is 10.1. The van der Waals surface area contributed by atoms with E-state index in [2.05, 4.69) is 10.6 Å². The second-order valence-electron chi connectivity index (χ2n) is 6.50. The van der Waals surface area contributed by atoms with Gasteiger partial charge in [0.15, 0.2) is 0 Å². The van der Waals surface area contributed by atoms with Gasteiger partial charge < -0.3 is 35.9 Å². The van der Waals surface area contributed by atoms with Gasteiger partial charge in [-0.2, -0.15) is 0 Å². The summed E-state index contributed by atoms with van der Waals surface area (Å²) in [5, 5.41) is 41.2. The molecule has 13 heteroatoms. The van der Waals surface area contributed by atoms with E-state index in [0.717, 1.165) is 0 Å². The Morgan fingerprint density at radius 2 is 1.33 bits per heavy atom. The van der Waals surface area contributed by atoms with Gasteiger partial charge in [-0.3, -0.25) is 29.0 Å². The van der Waals surface area contributed by atoms with Crippen molar-refractivity contribution in [1.29, 1.82) is 0 Å². The summed E-state index contributed by atoms with van der Waals surface area (Å²) in [6.45, 7) is 0.452. The maximum Gasteiger partial charge on any atom is 0.320 e. The number of nitrogens with zero attached hydrogens (tertiary/aromatic N) is 2. The summed E-state index contributed by atoms with van der Waals surface area (Å²) in [6.07, 6.45) is 0.826. The average Bonchev–Trinajstić information content (AvgIpc) is 2.63. The Morgan fingerprint density at radius 3 is 1.77 bits per heavy atom. The average molecular weight is 434 g/mol. The first-order chi connectivity index (χ1) is 14.1. The predicted octanol–water partition coefficient (Wildman–Crippen LogP) is -2.54. The Labute approximate surface area is 173 Å². The number of nitrogens with one attached hydrogen (secondary N) is 2. The minimum Gasteiger partial charge on any atom is -0.480 e. The van der Waals surface area contributed by atoms with Crippen molar-refractivity contribution in [2.24, 2.45) is 0 Å². The molecule has 0 fully saturated rings. The normalized spacial score (nSPS) is 12.1. The number of aliphatic carboxylic acids is 4. The van der Waals surface area contributed by atoms with Crippen LogP contribution in [0.1, 0.15) is 12.8 Å². The third-order valence-electron chi connectivity index (χ3n) is 4.02. The summed E-state index contributed by atoms with van der Waals surface area (Å²) < 4.78 is 0. The van der Waals surface area contributed by atoms with Gasteiger partial charge in [-0.1, -0.05) is 0 Å². The van der Waals surface area contributed by atoms with Crippen LogP contribution in [0.15, 0.2) is 0 Å². The molecule has 0 bridgehead atoms. The second kappa shape index (κ2) is 16.2. The van der Waals surface area contributed by atoms with Crippen LogP contribution < -0.4 is 10.6 Å². The van der Waals surface area contributed by atoms with Crippen LogP contribution in [-0.2, 0) is 24.0 Å². The van der Waals surface area contributed by atoms with Gasteiger partial charge in [0.2, 0.25) is 0 Å². The van der Waals surface area contributed by atoms with Gasteiger partial charge in [-0.25, -0.2) is 0 Å². The Hall–Kier alpha value is -2.61. The van der Waals surface area contributed by atoms with Crippen molar-refractivity contribution in [3.8, 4) is 0 Å². The first-order valence-corrected chi connectivity index (χ1v) is 9.36. The number of aldehydes is 1. The summed E-state index contributed by atoms with van der Waals surface area (Å²) in [5.41, 5.74) is 0. The third-order valence-corrected chi connectivity index (χ3v) is 4.02. The highest BCUT2D eigenvalue weighted by Crippen LogP contribution is 1.97. The predicted molar refractivity (Wildman–Crippen MR) is 103 cm³/mol. The Morgan fingerprint density at radius 1 is 0.800 bits per heavy atom. The molecule has 0 radical (unpaired) electrons. The lowest BCUT2D eigenvalue weighted by Crippen LogP contribution is -2.46. The zero-order chi connectivity index (χ0) is 22.9. The maximum absolute atomic E-state index is 11.2. The van der Waals surface area contributed by atoms with Crippen molar-refractivity contribution >= 4 is 30.2 Å². The molecule has 1 atom stereocenters. The van der Waals surface area contributed by atoms with Gasteiger partial charge in [0.05, 0.1) is 19.6 Å². The van der Waals surface area contributed by atoms with Gasteiger partial charge >= 0.3 is 23.9 Å². The van der Waals surface area contributed by atoms with Crippen LogP contribution in [0.4, 0.5) is 0 Å². The molecule has 0 saturated heterocycles. The number of carbonyl (C=O) groups is 5. The van der Waals surface area contributed by atoms with Crippen LogP contribution in [0.5, 0.6) is 0 Å². The quantitative estimate of drug-likeness (QED) is 0.0866. The SMILES string of the molecule is O=CCCC(NCCN(CCN(CCNCC(=O)O)CC(=O)O)CC(=O)O)C(=O)O. The molecule has 0 aromatic rings. The Kier molecular flexibility index (Phi) is 14.8. The summed E-state index contributed by atoms with van der Waals surface area (Å²) in [4.78, 5) is 57.2. The lowest BCUT2D eigenvalue weighted by molar-refractivity contribution is -0.140. The molecule has 30 heavy (non-hydrogen) atoms.